The van der Waals surface area contributed by atoms with Crippen LogP contribution >= 0.6 is 12.4 Å². The standard InChI is InChI=1S/C19H23N3O2.ClH/c1-4-22(5-2)19(24)15-8-6-7-9-17(15)21-18(23)16-12-14(20)11-10-13(16)3;/h6-12H,4-5,20H2,1-3H3,(H,21,23);1H. The van der Waals surface area contributed by atoms with Crippen molar-refractivity contribution in [1.82, 2.24) is 4.90 Å². The van der Waals surface area contributed by atoms with Crippen molar-refractivity contribution >= 4 is 35.6 Å². The van der Waals surface area contributed by atoms with E-state index in [4.69, 9.17) is 5.73 Å². The van der Waals surface area contributed by atoms with Crippen molar-refractivity contribution in [2.45, 2.75) is 20.8 Å². The molecule has 25 heavy (non-hydrogen) atoms. The molecule has 0 unspecified atom stereocenters. The zero-order valence-electron chi connectivity index (χ0n) is 14.7. The van der Waals surface area contributed by atoms with Gasteiger partial charge in [-0.15, -0.1) is 12.4 Å². The van der Waals surface area contributed by atoms with Crippen LogP contribution in [-0.2, 0) is 0 Å². The summed E-state index contributed by atoms with van der Waals surface area (Å²) in [4.78, 5) is 26.9. The quantitative estimate of drug-likeness (QED) is 0.796. The Hall–Kier alpha value is -2.53. The van der Waals surface area contributed by atoms with Gasteiger partial charge in [-0.3, -0.25) is 9.59 Å². The Bertz CT molecular complexity index is 758. The second-order valence-corrected chi connectivity index (χ2v) is 5.55. The fourth-order valence-corrected chi connectivity index (χ4v) is 2.53. The first-order valence-corrected chi connectivity index (χ1v) is 8.03. The van der Waals surface area contributed by atoms with Crippen molar-refractivity contribution in [3.8, 4) is 0 Å². The Morgan fingerprint density at radius 3 is 2.32 bits per heavy atom. The molecule has 2 amide bonds. The molecular weight excluding hydrogens is 338 g/mol. The van der Waals surface area contributed by atoms with Gasteiger partial charge in [-0.05, 0) is 50.6 Å². The molecule has 134 valence electrons. The number of nitrogens with two attached hydrogens (primary N) is 1. The summed E-state index contributed by atoms with van der Waals surface area (Å²) in [7, 11) is 0. The number of rotatable bonds is 5. The number of carbonyl (C=O) groups excluding carboxylic acids is 2. The van der Waals surface area contributed by atoms with Gasteiger partial charge in [0, 0.05) is 24.3 Å². The van der Waals surface area contributed by atoms with Crippen LogP contribution in [0, 0.1) is 6.92 Å². The first-order chi connectivity index (χ1) is 11.5. The summed E-state index contributed by atoms with van der Waals surface area (Å²) >= 11 is 0. The SMILES string of the molecule is CCN(CC)C(=O)c1ccccc1NC(=O)c1cc(N)ccc1C.Cl. The first kappa shape index (κ1) is 20.5. The summed E-state index contributed by atoms with van der Waals surface area (Å²) in [5.74, 6) is -0.375. The highest BCUT2D eigenvalue weighted by Gasteiger charge is 2.18. The fraction of sp³-hybridized carbons (Fsp3) is 0.263. The predicted molar refractivity (Wildman–Crippen MR) is 104 cm³/mol. The zero-order chi connectivity index (χ0) is 17.7. The van der Waals surface area contributed by atoms with Gasteiger partial charge in [-0.1, -0.05) is 18.2 Å². The van der Waals surface area contributed by atoms with Gasteiger partial charge in [0.25, 0.3) is 11.8 Å². The first-order valence-electron chi connectivity index (χ1n) is 8.03. The molecule has 5 nitrogen and oxygen atoms in total. The number of para-hydroxylation sites is 1. The van der Waals surface area contributed by atoms with Gasteiger partial charge in [0.15, 0.2) is 0 Å². The Kier molecular flexibility index (Phi) is 7.45. The highest BCUT2D eigenvalue weighted by molar-refractivity contribution is 6.09. The molecule has 0 aromatic heterocycles. The number of hydrogen-bond acceptors (Lipinski definition) is 3. The molecule has 0 fully saturated rings. The fourth-order valence-electron chi connectivity index (χ4n) is 2.53. The molecule has 0 aliphatic carbocycles. The van der Waals surface area contributed by atoms with Crippen molar-refractivity contribution in [1.29, 1.82) is 0 Å². The minimum absolute atomic E-state index is 0. The van der Waals surface area contributed by atoms with E-state index in [1.807, 2.05) is 20.8 Å². The number of benzene rings is 2. The van der Waals surface area contributed by atoms with Crippen LogP contribution in [0.25, 0.3) is 0 Å². The third-order valence-electron chi connectivity index (χ3n) is 3.96. The van der Waals surface area contributed by atoms with Crippen LogP contribution in [0.15, 0.2) is 42.5 Å². The van der Waals surface area contributed by atoms with Gasteiger partial charge in [0.1, 0.15) is 0 Å². The number of hydrogen-bond donors (Lipinski definition) is 2. The average molecular weight is 362 g/mol. The molecule has 0 saturated heterocycles. The van der Waals surface area contributed by atoms with Crippen LogP contribution in [0.5, 0.6) is 0 Å². The summed E-state index contributed by atoms with van der Waals surface area (Å²) in [6, 6.07) is 12.2. The second-order valence-electron chi connectivity index (χ2n) is 5.55. The second kappa shape index (κ2) is 9.08. The smallest absolute Gasteiger partial charge is 0.256 e. The van der Waals surface area contributed by atoms with Gasteiger partial charge in [0.05, 0.1) is 11.3 Å². The molecule has 0 aliphatic rings. The number of nitrogen functional groups attached to an aromatic ring is 1. The molecule has 0 bridgehead atoms. The van der Waals surface area contributed by atoms with Crippen LogP contribution in [0.1, 0.15) is 40.1 Å². The topological polar surface area (TPSA) is 75.4 Å². The summed E-state index contributed by atoms with van der Waals surface area (Å²) in [6.07, 6.45) is 0. The molecular formula is C19H24ClN3O2. The van der Waals surface area contributed by atoms with E-state index in [1.165, 1.54) is 0 Å². The lowest BCUT2D eigenvalue weighted by atomic mass is 10.1. The zero-order valence-corrected chi connectivity index (χ0v) is 15.5. The lowest BCUT2D eigenvalue weighted by molar-refractivity contribution is 0.0774. The molecule has 0 aliphatic heterocycles. The average Bonchev–Trinajstić information content (AvgIpc) is 2.58. The maximum absolute atomic E-state index is 12.6. The van der Waals surface area contributed by atoms with Crippen LogP contribution in [0.4, 0.5) is 11.4 Å². The van der Waals surface area contributed by atoms with E-state index in [-0.39, 0.29) is 24.2 Å². The van der Waals surface area contributed by atoms with Crippen molar-refractivity contribution < 1.29 is 9.59 Å². The summed E-state index contributed by atoms with van der Waals surface area (Å²) in [6.45, 7) is 6.94. The van der Waals surface area contributed by atoms with E-state index in [1.54, 1.807) is 47.4 Å². The van der Waals surface area contributed by atoms with Crippen LogP contribution in [0.3, 0.4) is 0 Å². The number of nitrogens with zero attached hydrogens (tertiary/aromatic N) is 1. The third-order valence-corrected chi connectivity index (χ3v) is 3.96. The van der Waals surface area contributed by atoms with E-state index in [0.717, 1.165) is 5.56 Å². The Morgan fingerprint density at radius 2 is 1.68 bits per heavy atom. The minimum atomic E-state index is -0.278. The number of anilines is 2. The Morgan fingerprint density at radius 1 is 1.04 bits per heavy atom. The lowest BCUT2D eigenvalue weighted by Gasteiger charge is -2.20. The van der Waals surface area contributed by atoms with Gasteiger partial charge in [-0.2, -0.15) is 0 Å². The summed E-state index contributed by atoms with van der Waals surface area (Å²) < 4.78 is 0. The van der Waals surface area contributed by atoms with Crippen LogP contribution in [0.2, 0.25) is 0 Å². The molecule has 2 aromatic rings. The number of halogens is 1. The van der Waals surface area contributed by atoms with Gasteiger partial charge in [-0.25, -0.2) is 0 Å². The predicted octanol–water partition coefficient (Wildman–Crippen LogP) is 3.73. The number of nitrogens with one attached hydrogen (secondary N) is 1. The Balaban J connectivity index is 0.00000312. The van der Waals surface area contributed by atoms with Gasteiger partial charge < -0.3 is 16.0 Å². The van der Waals surface area contributed by atoms with Crippen molar-refractivity contribution in [2.75, 3.05) is 24.1 Å². The third kappa shape index (κ3) is 4.73. The van der Waals surface area contributed by atoms with E-state index in [0.29, 0.717) is 35.6 Å². The highest BCUT2D eigenvalue weighted by atomic mass is 35.5. The van der Waals surface area contributed by atoms with E-state index < -0.39 is 0 Å². The van der Waals surface area contributed by atoms with Crippen molar-refractivity contribution in [2.24, 2.45) is 0 Å². The largest absolute Gasteiger partial charge is 0.399 e. The van der Waals surface area contributed by atoms with E-state index in [9.17, 15) is 9.59 Å². The number of carbonyl (C=O) groups is 2. The monoisotopic (exact) mass is 361 g/mol. The lowest BCUT2D eigenvalue weighted by Crippen LogP contribution is -2.31. The molecule has 0 atom stereocenters. The Labute approximate surface area is 154 Å². The van der Waals surface area contributed by atoms with Crippen LogP contribution < -0.4 is 11.1 Å². The molecule has 2 rings (SSSR count). The maximum atomic E-state index is 12.6. The molecule has 0 saturated carbocycles. The molecule has 6 heteroatoms. The summed E-state index contributed by atoms with van der Waals surface area (Å²) in [5, 5.41) is 2.84. The van der Waals surface area contributed by atoms with Gasteiger partial charge in [0.2, 0.25) is 0 Å². The number of amides is 2. The van der Waals surface area contributed by atoms with Gasteiger partial charge >= 0.3 is 0 Å². The summed E-state index contributed by atoms with van der Waals surface area (Å²) in [5.41, 5.74) is 8.61. The number of aryl methyl sites for hydroxylation is 1. The highest BCUT2D eigenvalue weighted by Crippen LogP contribution is 2.20. The molecule has 2 aromatic carbocycles. The van der Waals surface area contributed by atoms with Crippen molar-refractivity contribution in [3.63, 3.8) is 0 Å². The molecule has 3 N–H and O–H groups in total. The van der Waals surface area contributed by atoms with E-state index in [2.05, 4.69) is 5.32 Å². The van der Waals surface area contributed by atoms with E-state index >= 15 is 0 Å². The van der Waals surface area contributed by atoms with Crippen molar-refractivity contribution in [3.05, 3.63) is 59.2 Å². The van der Waals surface area contributed by atoms with Crippen LogP contribution in [-0.4, -0.2) is 29.8 Å². The molecule has 0 radical (unpaired) electrons. The molecule has 0 spiro atoms. The minimum Gasteiger partial charge on any atom is -0.399 e. The molecule has 0 heterocycles. The normalized spacial score (nSPS) is 9.88. The maximum Gasteiger partial charge on any atom is 0.256 e.